The van der Waals surface area contributed by atoms with Gasteiger partial charge in [0.05, 0.1) is 45.8 Å². The van der Waals surface area contributed by atoms with Crippen molar-refractivity contribution in [2.75, 3.05) is 34.5 Å². The molecule has 0 spiro atoms. The highest BCUT2D eigenvalue weighted by Gasteiger charge is 2.32. The summed E-state index contributed by atoms with van der Waals surface area (Å²) in [5.41, 5.74) is 4.22. The van der Waals surface area contributed by atoms with E-state index in [2.05, 4.69) is 21.2 Å². The Morgan fingerprint density at radius 2 is 1.82 bits per heavy atom. The zero-order chi connectivity index (χ0) is 27.7. The number of hydrogen-bond acceptors (Lipinski definition) is 9. The van der Waals surface area contributed by atoms with Crippen molar-refractivity contribution in [2.24, 2.45) is 5.10 Å². The third-order valence-corrected chi connectivity index (χ3v) is 5.47. The number of hydrogen-bond donors (Lipinski definition) is 3. The predicted molar refractivity (Wildman–Crippen MR) is 138 cm³/mol. The molecule has 0 aromatic heterocycles. The second-order valence-electron chi connectivity index (χ2n) is 7.87. The van der Waals surface area contributed by atoms with Crippen molar-refractivity contribution in [3.63, 3.8) is 0 Å². The van der Waals surface area contributed by atoms with Crippen LogP contribution in [0.25, 0.3) is 0 Å². The molecule has 12 nitrogen and oxygen atoms in total. The molecule has 202 valence electrons. The Bertz CT molecular complexity index is 1260. The lowest BCUT2D eigenvalue weighted by Gasteiger charge is -2.28. The molecule has 2 aromatic rings. The number of nitrogens with zero attached hydrogens (tertiary/aromatic N) is 1. The zero-order valence-corrected chi connectivity index (χ0v) is 21.7. The van der Waals surface area contributed by atoms with E-state index >= 15 is 0 Å². The molecule has 3 amide bonds. The summed E-state index contributed by atoms with van der Waals surface area (Å²) in [6, 6.07) is 8.91. The van der Waals surface area contributed by atoms with Crippen LogP contribution in [0.15, 0.2) is 52.8 Å². The molecule has 2 aromatic carbocycles. The molecular weight excluding hydrogens is 496 g/mol. The van der Waals surface area contributed by atoms with E-state index in [4.69, 9.17) is 23.7 Å². The molecule has 0 aliphatic carbocycles. The van der Waals surface area contributed by atoms with Gasteiger partial charge in [0.15, 0.2) is 29.6 Å². The zero-order valence-electron chi connectivity index (χ0n) is 21.7. The van der Waals surface area contributed by atoms with Crippen LogP contribution in [0.4, 0.5) is 4.79 Å². The fraction of sp³-hybridized carbons (Fsp3) is 0.308. The van der Waals surface area contributed by atoms with Gasteiger partial charge < -0.3 is 34.3 Å². The molecule has 0 fully saturated rings. The summed E-state index contributed by atoms with van der Waals surface area (Å²) in [5.74, 6) is 0.534. The molecule has 0 radical (unpaired) electrons. The lowest BCUT2D eigenvalue weighted by Crippen LogP contribution is -2.45. The van der Waals surface area contributed by atoms with Crippen molar-refractivity contribution in [1.29, 1.82) is 0 Å². The van der Waals surface area contributed by atoms with Crippen LogP contribution >= 0.6 is 0 Å². The minimum absolute atomic E-state index is 0.186. The number of para-hydroxylation sites is 1. The number of carbonyl (C=O) groups is 3. The molecular formula is C26H30N4O8. The van der Waals surface area contributed by atoms with Crippen molar-refractivity contribution in [3.05, 3.63) is 58.8 Å². The second-order valence-corrected chi connectivity index (χ2v) is 7.87. The fourth-order valence-electron chi connectivity index (χ4n) is 3.77. The van der Waals surface area contributed by atoms with E-state index in [0.717, 1.165) is 0 Å². The summed E-state index contributed by atoms with van der Waals surface area (Å²) in [6.07, 6.45) is 1.43. The molecule has 0 saturated carbocycles. The van der Waals surface area contributed by atoms with Gasteiger partial charge in [-0.3, -0.25) is 4.79 Å². The Morgan fingerprint density at radius 3 is 2.50 bits per heavy atom. The monoisotopic (exact) mass is 526 g/mol. The number of ether oxygens (including phenoxy) is 5. The van der Waals surface area contributed by atoms with Gasteiger partial charge in [-0.25, -0.2) is 15.0 Å². The Kier molecular flexibility index (Phi) is 9.52. The van der Waals surface area contributed by atoms with Crippen LogP contribution in [-0.4, -0.2) is 58.7 Å². The number of allylic oxidation sites excluding steroid dienone is 1. The lowest BCUT2D eigenvalue weighted by molar-refractivity contribution is -0.139. The van der Waals surface area contributed by atoms with Crippen LogP contribution in [0.2, 0.25) is 0 Å². The van der Waals surface area contributed by atoms with Crippen LogP contribution in [0, 0.1) is 0 Å². The first kappa shape index (κ1) is 27.8. The lowest BCUT2D eigenvalue weighted by atomic mass is 9.95. The molecule has 1 aliphatic rings. The smallest absolute Gasteiger partial charge is 0.338 e. The molecule has 1 atom stereocenters. The molecule has 1 heterocycles. The molecule has 12 heteroatoms. The van der Waals surface area contributed by atoms with Gasteiger partial charge in [-0.1, -0.05) is 12.1 Å². The number of esters is 1. The number of rotatable bonds is 11. The highest BCUT2D eigenvalue weighted by Crippen LogP contribution is 2.34. The normalized spacial score (nSPS) is 14.9. The largest absolute Gasteiger partial charge is 0.493 e. The van der Waals surface area contributed by atoms with Crippen LogP contribution in [0.1, 0.15) is 31.0 Å². The van der Waals surface area contributed by atoms with E-state index in [-0.39, 0.29) is 24.5 Å². The minimum atomic E-state index is -0.767. The summed E-state index contributed by atoms with van der Waals surface area (Å²) in [4.78, 5) is 36.9. The van der Waals surface area contributed by atoms with Crippen molar-refractivity contribution < 1.29 is 38.1 Å². The third kappa shape index (κ3) is 6.52. The van der Waals surface area contributed by atoms with E-state index in [1.165, 1.54) is 27.5 Å². The van der Waals surface area contributed by atoms with E-state index in [1.54, 1.807) is 50.2 Å². The number of amides is 3. The number of benzene rings is 2. The summed E-state index contributed by atoms with van der Waals surface area (Å²) in [5, 5.41) is 9.25. The maximum atomic E-state index is 12.5. The fourth-order valence-corrected chi connectivity index (χ4v) is 3.77. The highest BCUT2D eigenvalue weighted by molar-refractivity contribution is 5.95. The second kappa shape index (κ2) is 13.0. The Labute approximate surface area is 219 Å². The first-order chi connectivity index (χ1) is 18.3. The molecule has 1 aliphatic heterocycles. The standard InChI is InChI=1S/C26H30N4O8/c1-6-37-25(32)22-15(2)28-26(33)29-23(22)16-10-11-18(20(12-16)35-4)38-14-21(31)30-27-13-17-8-7-9-19(34-3)24(17)36-5/h7-13,23H,6,14H2,1-5H3,(H,30,31)(H2,28,29,33)/b27-13+/t23-/m1/s1. The quantitative estimate of drug-likeness (QED) is 0.230. The van der Waals surface area contributed by atoms with Crippen molar-refractivity contribution >= 4 is 24.1 Å². The number of carbonyl (C=O) groups excluding carboxylic acids is 3. The van der Waals surface area contributed by atoms with Gasteiger partial charge in [0.25, 0.3) is 5.91 Å². The predicted octanol–water partition coefficient (Wildman–Crippen LogP) is 2.43. The van der Waals surface area contributed by atoms with E-state index < -0.39 is 23.9 Å². The van der Waals surface area contributed by atoms with Gasteiger partial charge in [-0.15, -0.1) is 0 Å². The Balaban J connectivity index is 1.69. The average Bonchev–Trinajstić information content (AvgIpc) is 2.91. The number of hydrazone groups is 1. The molecule has 0 saturated heterocycles. The van der Waals surface area contributed by atoms with Gasteiger partial charge in [0.1, 0.15) is 0 Å². The molecule has 0 unspecified atom stereocenters. The van der Waals surface area contributed by atoms with E-state index in [1.807, 2.05) is 0 Å². The van der Waals surface area contributed by atoms with Crippen LogP contribution in [0.5, 0.6) is 23.0 Å². The van der Waals surface area contributed by atoms with Crippen molar-refractivity contribution in [3.8, 4) is 23.0 Å². The molecule has 3 rings (SSSR count). The first-order valence-corrected chi connectivity index (χ1v) is 11.6. The first-order valence-electron chi connectivity index (χ1n) is 11.6. The third-order valence-electron chi connectivity index (χ3n) is 5.47. The average molecular weight is 527 g/mol. The van der Waals surface area contributed by atoms with Crippen LogP contribution in [-0.2, 0) is 14.3 Å². The summed E-state index contributed by atoms with van der Waals surface area (Å²) >= 11 is 0. The van der Waals surface area contributed by atoms with Crippen molar-refractivity contribution in [1.82, 2.24) is 16.1 Å². The minimum Gasteiger partial charge on any atom is -0.493 e. The summed E-state index contributed by atoms with van der Waals surface area (Å²) < 4.78 is 26.8. The van der Waals surface area contributed by atoms with Gasteiger partial charge >= 0.3 is 12.0 Å². The van der Waals surface area contributed by atoms with E-state index in [0.29, 0.717) is 34.1 Å². The van der Waals surface area contributed by atoms with Crippen molar-refractivity contribution in [2.45, 2.75) is 19.9 Å². The van der Waals surface area contributed by atoms with Crippen LogP contribution < -0.4 is 35.0 Å². The molecule has 0 bridgehead atoms. The molecule has 3 N–H and O–H groups in total. The number of methoxy groups -OCH3 is 3. The Morgan fingerprint density at radius 1 is 1.05 bits per heavy atom. The SMILES string of the molecule is CCOC(=O)C1=C(C)NC(=O)N[C@@H]1c1ccc(OCC(=O)N/N=C/c2cccc(OC)c2OC)c(OC)c1. The number of nitrogens with one attached hydrogen (secondary N) is 3. The summed E-state index contributed by atoms with van der Waals surface area (Å²) in [7, 11) is 4.47. The Hall–Kier alpha value is -4.74. The maximum absolute atomic E-state index is 12.5. The van der Waals surface area contributed by atoms with Crippen LogP contribution in [0.3, 0.4) is 0 Å². The number of urea groups is 1. The van der Waals surface area contributed by atoms with Gasteiger partial charge in [-0.2, -0.15) is 5.10 Å². The molecule has 38 heavy (non-hydrogen) atoms. The highest BCUT2D eigenvalue weighted by atomic mass is 16.5. The maximum Gasteiger partial charge on any atom is 0.338 e. The topological polar surface area (TPSA) is 146 Å². The van der Waals surface area contributed by atoms with Gasteiger partial charge in [-0.05, 0) is 43.7 Å². The summed E-state index contributed by atoms with van der Waals surface area (Å²) in [6.45, 7) is 3.16. The van der Waals surface area contributed by atoms with Gasteiger partial charge in [0, 0.05) is 11.3 Å². The van der Waals surface area contributed by atoms with E-state index in [9.17, 15) is 14.4 Å². The van der Waals surface area contributed by atoms with Gasteiger partial charge in [0.2, 0.25) is 0 Å².